The lowest BCUT2D eigenvalue weighted by Crippen LogP contribution is -2.57. The van der Waals surface area contributed by atoms with Gasteiger partial charge in [-0.05, 0) is 42.0 Å². The van der Waals surface area contributed by atoms with E-state index in [9.17, 15) is 24.3 Å². The second kappa shape index (κ2) is 9.01. The third-order valence-corrected chi connectivity index (χ3v) is 6.17. The van der Waals surface area contributed by atoms with Crippen LogP contribution in [0.25, 0.3) is 0 Å². The minimum Gasteiger partial charge on any atom is -0.480 e. The molecular formula is C24H26N4O5. The number of amides is 3. The number of carbonyl (C=O) groups excluding carboxylic acids is 3. The first-order valence-electron chi connectivity index (χ1n) is 11.0. The largest absolute Gasteiger partial charge is 0.480 e. The van der Waals surface area contributed by atoms with Gasteiger partial charge in [-0.15, -0.1) is 0 Å². The van der Waals surface area contributed by atoms with E-state index >= 15 is 0 Å². The van der Waals surface area contributed by atoms with E-state index in [4.69, 9.17) is 0 Å². The molecule has 0 spiro atoms. The van der Waals surface area contributed by atoms with Gasteiger partial charge in [-0.1, -0.05) is 32.0 Å². The number of carboxylic acids is 1. The van der Waals surface area contributed by atoms with Crippen molar-refractivity contribution in [3.05, 3.63) is 59.4 Å². The Morgan fingerprint density at radius 1 is 1.15 bits per heavy atom. The summed E-state index contributed by atoms with van der Waals surface area (Å²) in [4.78, 5) is 56.3. The minimum absolute atomic E-state index is 0.237. The number of aryl methyl sites for hydroxylation is 1. The lowest BCUT2D eigenvalue weighted by atomic mass is 10.00. The molecule has 2 aliphatic rings. The molecule has 2 aromatic rings. The Hall–Kier alpha value is -3.75. The van der Waals surface area contributed by atoms with Crippen molar-refractivity contribution in [1.82, 2.24) is 15.6 Å². The summed E-state index contributed by atoms with van der Waals surface area (Å²) in [6, 6.07) is 6.04. The number of hydrogen-bond acceptors (Lipinski definition) is 5. The quantitative estimate of drug-likeness (QED) is 0.609. The van der Waals surface area contributed by atoms with Crippen LogP contribution >= 0.6 is 0 Å². The van der Waals surface area contributed by atoms with Crippen molar-refractivity contribution in [1.29, 1.82) is 0 Å². The molecule has 3 atom stereocenters. The first kappa shape index (κ1) is 22.4. The van der Waals surface area contributed by atoms with E-state index < -0.39 is 41.8 Å². The van der Waals surface area contributed by atoms with Crippen molar-refractivity contribution in [2.75, 3.05) is 4.90 Å². The number of anilines is 1. The third kappa shape index (κ3) is 4.30. The number of benzene rings is 1. The van der Waals surface area contributed by atoms with E-state index in [1.807, 2.05) is 18.2 Å². The topological polar surface area (TPSA) is 129 Å². The molecule has 4 rings (SSSR count). The summed E-state index contributed by atoms with van der Waals surface area (Å²) in [5, 5.41) is 15.2. The van der Waals surface area contributed by atoms with Crippen LogP contribution in [-0.4, -0.2) is 51.9 Å². The number of carbonyl (C=O) groups is 4. The van der Waals surface area contributed by atoms with E-state index in [0.29, 0.717) is 24.1 Å². The second-order valence-corrected chi connectivity index (χ2v) is 8.73. The summed E-state index contributed by atoms with van der Waals surface area (Å²) in [5.41, 5.74) is 2.69. The maximum absolute atomic E-state index is 13.4. The van der Waals surface area contributed by atoms with Gasteiger partial charge < -0.3 is 15.7 Å². The van der Waals surface area contributed by atoms with Gasteiger partial charge in [0.1, 0.15) is 18.1 Å². The van der Waals surface area contributed by atoms with Crippen LogP contribution in [0.3, 0.4) is 0 Å². The number of hydrogen-bond donors (Lipinski definition) is 3. The highest BCUT2D eigenvalue weighted by molar-refractivity contribution is 6.07. The number of aromatic nitrogens is 1. The molecule has 0 saturated carbocycles. The smallest absolute Gasteiger partial charge is 0.327 e. The average Bonchev–Trinajstić information content (AvgIpc) is 3.14. The fraction of sp³-hybridized carbons (Fsp3) is 0.375. The lowest BCUT2D eigenvalue weighted by molar-refractivity contribution is -0.140. The highest BCUT2D eigenvalue weighted by atomic mass is 16.4. The number of nitrogens with one attached hydrogen (secondary N) is 2. The SMILES string of the molecule is CC(C)[C@H](NC(=O)c1cccnc1)C(=O)N[C@H]1CCc2cccc3c2N(C1=O)[C@H](C(=O)O)C3. The average molecular weight is 450 g/mol. The normalized spacial score (nSPS) is 20.1. The number of para-hydroxylation sites is 1. The summed E-state index contributed by atoms with van der Waals surface area (Å²) in [5.74, 6) is -2.69. The molecule has 0 fully saturated rings. The van der Waals surface area contributed by atoms with Crippen molar-refractivity contribution in [3.8, 4) is 0 Å². The van der Waals surface area contributed by atoms with Gasteiger partial charge >= 0.3 is 5.97 Å². The molecule has 3 amide bonds. The molecule has 33 heavy (non-hydrogen) atoms. The number of aliphatic carboxylic acids is 1. The second-order valence-electron chi connectivity index (χ2n) is 8.73. The summed E-state index contributed by atoms with van der Waals surface area (Å²) >= 11 is 0. The number of pyridine rings is 1. The molecule has 1 aromatic carbocycles. The van der Waals surface area contributed by atoms with Crippen molar-refractivity contribution in [2.24, 2.45) is 5.92 Å². The predicted octanol–water partition coefficient (Wildman–Crippen LogP) is 1.31. The van der Waals surface area contributed by atoms with Gasteiger partial charge in [-0.25, -0.2) is 4.79 Å². The molecule has 0 unspecified atom stereocenters. The highest BCUT2D eigenvalue weighted by Crippen LogP contribution is 2.39. The molecule has 172 valence electrons. The van der Waals surface area contributed by atoms with Crippen LogP contribution in [0.5, 0.6) is 0 Å². The molecule has 9 nitrogen and oxygen atoms in total. The molecule has 1 aromatic heterocycles. The Bertz CT molecular complexity index is 1100. The van der Waals surface area contributed by atoms with E-state index in [1.54, 1.807) is 32.2 Å². The highest BCUT2D eigenvalue weighted by Gasteiger charge is 2.44. The monoisotopic (exact) mass is 450 g/mol. The zero-order valence-corrected chi connectivity index (χ0v) is 18.4. The Balaban J connectivity index is 1.54. The van der Waals surface area contributed by atoms with Gasteiger partial charge in [0.2, 0.25) is 11.8 Å². The zero-order valence-electron chi connectivity index (χ0n) is 18.4. The number of rotatable bonds is 6. The van der Waals surface area contributed by atoms with E-state index in [0.717, 1.165) is 11.1 Å². The Morgan fingerprint density at radius 2 is 1.91 bits per heavy atom. The fourth-order valence-corrected chi connectivity index (χ4v) is 4.48. The fourth-order valence-electron chi connectivity index (χ4n) is 4.48. The Labute approximate surface area is 191 Å². The van der Waals surface area contributed by atoms with Crippen molar-refractivity contribution >= 4 is 29.4 Å². The van der Waals surface area contributed by atoms with Crippen LogP contribution < -0.4 is 15.5 Å². The summed E-state index contributed by atoms with van der Waals surface area (Å²) in [7, 11) is 0. The van der Waals surface area contributed by atoms with Crippen LogP contribution in [0.4, 0.5) is 5.69 Å². The molecule has 0 radical (unpaired) electrons. The van der Waals surface area contributed by atoms with Gasteiger partial charge in [-0.2, -0.15) is 0 Å². The molecule has 9 heteroatoms. The van der Waals surface area contributed by atoms with Gasteiger partial charge in [-0.3, -0.25) is 24.3 Å². The van der Waals surface area contributed by atoms with Crippen LogP contribution in [0.2, 0.25) is 0 Å². The number of nitrogens with zero attached hydrogens (tertiary/aromatic N) is 2. The van der Waals surface area contributed by atoms with Crippen LogP contribution in [0, 0.1) is 5.92 Å². The van der Waals surface area contributed by atoms with Crippen LogP contribution in [-0.2, 0) is 27.2 Å². The lowest BCUT2D eigenvalue weighted by Gasteiger charge is -2.28. The molecule has 2 aliphatic heterocycles. The van der Waals surface area contributed by atoms with Gasteiger partial charge in [0.05, 0.1) is 11.3 Å². The van der Waals surface area contributed by atoms with Crippen molar-refractivity contribution < 1.29 is 24.3 Å². The zero-order chi connectivity index (χ0) is 23.7. The standard InChI is InChI=1S/C24H26N4O5/c1-13(2)19(27-21(29)16-7-4-10-25-12-16)22(30)26-17-9-8-14-5-3-6-15-11-18(24(32)33)28(20(14)15)23(17)31/h3-7,10,12-13,17-19H,8-9,11H2,1-2H3,(H,26,30)(H,27,29)(H,32,33)/t17-,18-,19-/m0/s1. The third-order valence-electron chi connectivity index (χ3n) is 6.17. The van der Waals surface area contributed by atoms with Crippen LogP contribution in [0.1, 0.15) is 41.8 Å². The van der Waals surface area contributed by atoms with E-state index in [1.165, 1.54) is 11.1 Å². The Morgan fingerprint density at radius 3 is 2.58 bits per heavy atom. The van der Waals surface area contributed by atoms with Crippen molar-refractivity contribution in [2.45, 2.75) is 51.2 Å². The van der Waals surface area contributed by atoms with Crippen LogP contribution in [0.15, 0.2) is 42.7 Å². The molecule has 0 saturated heterocycles. The summed E-state index contributed by atoms with van der Waals surface area (Å²) < 4.78 is 0. The summed E-state index contributed by atoms with van der Waals surface area (Å²) in [6.45, 7) is 3.59. The minimum atomic E-state index is -1.08. The van der Waals surface area contributed by atoms with Crippen molar-refractivity contribution in [3.63, 3.8) is 0 Å². The molecule has 0 aliphatic carbocycles. The maximum atomic E-state index is 13.4. The molecule has 0 bridgehead atoms. The van der Waals surface area contributed by atoms with Gasteiger partial charge in [0, 0.05) is 18.8 Å². The Kier molecular flexibility index (Phi) is 6.13. The molecule has 3 heterocycles. The first-order valence-corrected chi connectivity index (χ1v) is 11.0. The summed E-state index contributed by atoms with van der Waals surface area (Å²) in [6.07, 6.45) is 4.06. The first-order chi connectivity index (χ1) is 15.8. The molecule has 3 N–H and O–H groups in total. The van der Waals surface area contributed by atoms with Gasteiger partial charge in [0.15, 0.2) is 0 Å². The maximum Gasteiger partial charge on any atom is 0.327 e. The molecular weight excluding hydrogens is 424 g/mol. The number of carboxylic acid groups (broad SMARTS) is 1. The van der Waals surface area contributed by atoms with E-state index in [2.05, 4.69) is 15.6 Å². The van der Waals surface area contributed by atoms with Gasteiger partial charge in [0.25, 0.3) is 5.91 Å². The predicted molar refractivity (Wildman–Crippen MR) is 120 cm³/mol. The van der Waals surface area contributed by atoms with E-state index in [-0.39, 0.29) is 12.3 Å².